The molecule has 1 aliphatic rings. The lowest BCUT2D eigenvalue weighted by Crippen LogP contribution is -2.26. The van der Waals surface area contributed by atoms with Gasteiger partial charge in [0, 0.05) is 6.54 Å². The largest absolute Gasteiger partial charge is 0.471 e. The van der Waals surface area contributed by atoms with Gasteiger partial charge in [-0.1, -0.05) is 66.5 Å². The first-order valence-electron chi connectivity index (χ1n) is 12.1. The van der Waals surface area contributed by atoms with Gasteiger partial charge in [0.25, 0.3) is 18.3 Å². The van der Waals surface area contributed by atoms with E-state index in [0.29, 0.717) is 13.0 Å². The molecule has 1 aromatic rings. The van der Waals surface area contributed by atoms with E-state index in [0.717, 1.165) is 12.3 Å². The average Bonchev–Trinajstić information content (AvgIpc) is 3.24. The molecule has 0 unspecified atom stereocenters. The number of anilines is 1. The summed E-state index contributed by atoms with van der Waals surface area (Å²) in [6, 6.07) is 0. The van der Waals surface area contributed by atoms with Gasteiger partial charge in [0.05, 0.1) is 24.6 Å². The number of carbonyl (C=O) groups is 3. The monoisotopic (exact) mass is 512 g/mol. The number of ether oxygens (including phenoxy) is 1. The molecule has 2 amide bonds. The van der Waals surface area contributed by atoms with Gasteiger partial charge in [0.1, 0.15) is 18.2 Å². The van der Waals surface area contributed by atoms with Crippen LogP contribution in [0.5, 0.6) is 0 Å². The Bertz CT molecular complexity index is 862. The standard InChI is InChI=1S/C16H18F2N4O2.C5H12.C3H8.C2H4O2/c1-2-7-19-16(24)14-12(9-20-22-14)21-15(23)13-10(8-17)5-3-4-6-11(13)18;1-4-5(2)3;1-3-2;1-4-2-3/h3,5-6,9H,2,4,7-8H2,1H3,(H,19,24)(H,20,22)(H,21,23);5H,4H2,1-3H3;3H2,1-2H3;2H,1H3. The number of carbonyl (C=O) groups excluding carboxylic acids is 3. The summed E-state index contributed by atoms with van der Waals surface area (Å²) < 4.78 is 31.0. The van der Waals surface area contributed by atoms with E-state index in [-0.39, 0.29) is 28.9 Å². The predicted octanol–water partition coefficient (Wildman–Crippen LogP) is 5.83. The second-order valence-electron chi connectivity index (χ2n) is 7.93. The topological polar surface area (TPSA) is 113 Å². The second-order valence-corrected chi connectivity index (χ2v) is 7.93. The van der Waals surface area contributed by atoms with Crippen molar-refractivity contribution in [3.8, 4) is 0 Å². The Morgan fingerprint density at radius 1 is 1.22 bits per heavy atom. The smallest absolute Gasteiger partial charge is 0.292 e. The van der Waals surface area contributed by atoms with Crippen molar-refractivity contribution < 1.29 is 27.9 Å². The van der Waals surface area contributed by atoms with Gasteiger partial charge in [-0.15, -0.1) is 0 Å². The number of alkyl halides is 1. The van der Waals surface area contributed by atoms with E-state index in [1.165, 1.54) is 38.3 Å². The van der Waals surface area contributed by atoms with Crippen LogP contribution in [0.2, 0.25) is 0 Å². The third kappa shape index (κ3) is 14.9. The van der Waals surface area contributed by atoms with E-state index >= 15 is 0 Å². The predicted molar refractivity (Wildman–Crippen MR) is 140 cm³/mol. The maximum atomic E-state index is 14.1. The summed E-state index contributed by atoms with van der Waals surface area (Å²) in [7, 11) is 1.31. The van der Waals surface area contributed by atoms with Crippen LogP contribution in [-0.4, -0.2) is 48.8 Å². The number of aromatic amines is 1. The Morgan fingerprint density at radius 3 is 2.28 bits per heavy atom. The number of halogens is 2. The van der Waals surface area contributed by atoms with Crippen LogP contribution < -0.4 is 10.6 Å². The Labute approximate surface area is 213 Å². The molecule has 10 heteroatoms. The lowest BCUT2D eigenvalue weighted by molar-refractivity contribution is -0.126. The van der Waals surface area contributed by atoms with Gasteiger partial charge in [-0.2, -0.15) is 5.10 Å². The van der Waals surface area contributed by atoms with E-state index < -0.39 is 24.3 Å². The molecule has 0 radical (unpaired) electrons. The Balaban J connectivity index is 0. The number of amides is 2. The van der Waals surface area contributed by atoms with Gasteiger partial charge in [-0.25, -0.2) is 8.78 Å². The molecule has 1 aliphatic carbocycles. The number of nitrogens with zero attached hydrogens (tertiary/aromatic N) is 1. The van der Waals surface area contributed by atoms with Crippen LogP contribution in [0.15, 0.2) is 41.4 Å². The van der Waals surface area contributed by atoms with Gasteiger partial charge in [-0.3, -0.25) is 19.5 Å². The molecule has 0 saturated carbocycles. The van der Waals surface area contributed by atoms with Crippen molar-refractivity contribution in [1.29, 1.82) is 0 Å². The maximum Gasteiger partial charge on any atom is 0.292 e. The first kappa shape index (κ1) is 34.9. The zero-order valence-corrected chi connectivity index (χ0v) is 22.5. The summed E-state index contributed by atoms with van der Waals surface area (Å²) in [5, 5.41) is 11.2. The third-order valence-corrected chi connectivity index (χ3v) is 4.25. The molecule has 0 saturated heterocycles. The van der Waals surface area contributed by atoms with Crippen LogP contribution >= 0.6 is 0 Å². The molecule has 3 N–H and O–H groups in total. The number of allylic oxidation sites excluding steroid dienone is 4. The van der Waals surface area contributed by atoms with Crippen LogP contribution in [0.25, 0.3) is 0 Å². The molecule has 0 aromatic carbocycles. The van der Waals surface area contributed by atoms with E-state index in [4.69, 9.17) is 4.79 Å². The number of H-pyrrole nitrogens is 1. The van der Waals surface area contributed by atoms with Gasteiger partial charge >= 0.3 is 0 Å². The van der Waals surface area contributed by atoms with Crippen molar-refractivity contribution in [3.05, 3.63) is 47.1 Å². The summed E-state index contributed by atoms with van der Waals surface area (Å²) in [5.41, 5.74) is -0.292. The van der Waals surface area contributed by atoms with Gasteiger partial charge in [-0.05, 0) is 30.4 Å². The van der Waals surface area contributed by atoms with Gasteiger partial charge in [0.15, 0.2) is 0 Å². The number of aromatic nitrogens is 2. The van der Waals surface area contributed by atoms with Crippen LogP contribution in [0.1, 0.15) is 77.7 Å². The van der Waals surface area contributed by atoms with Crippen LogP contribution in [0.4, 0.5) is 14.5 Å². The number of nitrogens with one attached hydrogen (secondary N) is 3. The number of rotatable bonds is 8. The summed E-state index contributed by atoms with van der Waals surface area (Å²) in [6.45, 7) is 12.7. The SMILES string of the molecule is CCC.CCC(C)C.CCCNC(=O)c1[nH]ncc1NC(=O)C1=C(CF)C=CCC=C1F.COC=O. The normalized spacial score (nSPS) is 11.9. The summed E-state index contributed by atoms with van der Waals surface area (Å²) >= 11 is 0. The highest BCUT2D eigenvalue weighted by molar-refractivity contribution is 6.10. The first-order chi connectivity index (χ1) is 17.2. The van der Waals surface area contributed by atoms with E-state index in [9.17, 15) is 18.4 Å². The maximum absolute atomic E-state index is 14.1. The minimum absolute atomic E-state index is 0.0488. The van der Waals surface area contributed by atoms with Crippen LogP contribution in [-0.2, 0) is 14.3 Å². The first-order valence-corrected chi connectivity index (χ1v) is 12.1. The molecular formula is C26H42F2N4O4. The van der Waals surface area contributed by atoms with Crippen molar-refractivity contribution in [3.63, 3.8) is 0 Å². The average molecular weight is 513 g/mol. The second kappa shape index (κ2) is 22.2. The zero-order valence-electron chi connectivity index (χ0n) is 22.5. The molecule has 36 heavy (non-hydrogen) atoms. The molecule has 0 bridgehead atoms. The fourth-order valence-electron chi connectivity index (χ4n) is 2.15. The molecule has 1 heterocycles. The molecule has 0 atom stereocenters. The molecule has 0 fully saturated rings. The van der Waals surface area contributed by atoms with E-state index in [1.54, 1.807) is 6.08 Å². The molecule has 1 aromatic heterocycles. The molecule has 2 rings (SSSR count). The van der Waals surface area contributed by atoms with Crippen molar-refractivity contribution in [2.45, 2.75) is 67.2 Å². The van der Waals surface area contributed by atoms with Gasteiger partial charge < -0.3 is 15.4 Å². The van der Waals surface area contributed by atoms with Gasteiger partial charge in [0.2, 0.25) is 0 Å². The summed E-state index contributed by atoms with van der Waals surface area (Å²) in [4.78, 5) is 33.3. The quantitative estimate of drug-likeness (QED) is 0.380. The number of hydrogen-bond acceptors (Lipinski definition) is 5. The fourth-order valence-corrected chi connectivity index (χ4v) is 2.15. The molecule has 8 nitrogen and oxygen atoms in total. The Hall–Kier alpha value is -3.30. The number of hydrogen-bond donors (Lipinski definition) is 3. The van der Waals surface area contributed by atoms with E-state index in [1.807, 2.05) is 6.92 Å². The van der Waals surface area contributed by atoms with Crippen molar-refractivity contribution in [2.75, 3.05) is 25.6 Å². The molecule has 0 aliphatic heterocycles. The highest BCUT2D eigenvalue weighted by Gasteiger charge is 2.23. The number of methoxy groups -OCH3 is 1. The fraction of sp³-hybridized carbons (Fsp3) is 0.538. The lowest BCUT2D eigenvalue weighted by Gasteiger charge is -2.10. The summed E-state index contributed by atoms with van der Waals surface area (Å²) in [6.07, 6.45) is 8.94. The minimum Gasteiger partial charge on any atom is -0.471 e. The summed E-state index contributed by atoms with van der Waals surface area (Å²) in [5.74, 6) is -1.20. The van der Waals surface area contributed by atoms with Crippen molar-refractivity contribution in [1.82, 2.24) is 15.5 Å². The van der Waals surface area contributed by atoms with E-state index in [2.05, 4.69) is 60.2 Å². The third-order valence-electron chi connectivity index (χ3n) is 4.25. The Kier molecular flexibility index (Phi) is 21.5. The Morgan fingerprint density at radius 2 is 1.81 bits per heavy atom. The highest BCUT2D eigenvalue weighted by Crippen LogP contribution is 2.24. The van der Waals surface area contributed by atoms with Crippen LogP contribution in [0.3, 0.4) is 0 Å². The van der Waals surface area contributed by atoms with Crippen LogP contribution in [0, 0.1) is 5.92 Å². The van der Waals surface area contributed by atoms with Crippen molar-refractivity contribution >= 4 is 24.0 Å². The van der Waals surface area contributed by atoms with Crippen molar-refractivity contribution in [2.24, 2.45) is 5.92 Å². The highest BCUT2D eigenvalue weighted by atomic mass is 19.1. The minimum atomic E-state index is -0.976. The zero-order chi connectivity index (χ0) is 27.9. The molecular weight excluding hydrogens is 470 g/mol. The molecule has 0 spiro atoms. The molecule has 204 valence electrons. The lowest BCUT2D eigenvalue weighted by atomic mass is 10.1.